The summed E-state index contributed by atoms with van der Waals surface area (Å²) in [5.41, 5.74) is 3.37. The number of nitrogens with one attached hydrogen (secondary N) is 1. The number of hydrogen-bond donors (Lipinski definition) is 2. The summed E-state index contributed by atoms with van der Waals surface area (Å²) in [5.74, 6) is 0.381. The second-order valence-electron chi connectivity index (χ2n) is 6.88. The number of nitrogens with zero attached hydrogens (tertiary/aromatic N) is 2. The normalized spacial score (nSPS) is 18.1. The van der Waals surface area contributed by atoms with Gasteiger partial charge in [-0.1, -0.05) is 36.4 Å². The Morgan fingerprint density at radius 3 is 2.77 bits per heavy atom. The number of rotatable bonds is 4. The fourth-order valence-electron chi connectivity index (χ4n) is 3.82. The maximum atomic E-state index is 14.2. The maximum absolute atomic E-state index is 14.2. The van der Waals surface area contributed by atoms with E-state index in [1.54, 1.807) is 24.4 Å². The number of aromatic nitrogens is 2. The van der Waals surface area contributed by atoms with E-state index in [-0.39, 0.29) is 11.7 Å². The Balaban J connectivity index is 1.55. The molecule has 0 amide bonds. The molecule has 2 aromatic carbocycles. The van der Waals surface area contributed by atoms with Crippen molar-refractivity contribution in [2.45, 2.75) is 25.3 Å². The molecule has 2 N–H and O–H groups in total. The second-order valence-corrected chi connectivity index (χ2v) is 6.88. The van der Waals surface area contributed by atoms with Gasteiger partial charge in [0.1, 0.15) is 11.6 Å². The molecule has 1 fully saturated rings. The highest BCUT2D eigenvalue weighted by Gasteiger charge is 2.26. The summed E-state index contributed by atoms with van der Waals surface area (Å²) in [5, 5.41) is 17.3. The van der Waals surface area contributed by atoms with Crippen molar-refractivity contribution in [2.24, 2.45) is 0 Å². The lowest BCUT2D eigenvalue weighted by atomic mass is 9.90. The molecule has 0 saturated carbocycles. The highest BCUT2D eigenvalue weighted by Crippen LogP contribution is 2.34. The van der Waals surface area contributed by atoms with Crippen LogP contribution < -0.4 is 0 Å². The molecule has 4 rings (SSSR count). The smallest absolute Gasteiger partial charge is 0.131 e. The van der Waals surface area contributed by atoms with Crippen molar-refractivity contribution in [1.29, 1.82) is 0 Å². The number of aromatic amines is 1. The number of halogens is 1. The third-order valence-electron chi connectivity index (χ3n) is 5.13. The van der Waals surface area contributed by atoms with Crippen LogP contribution in [0.3, 0.4) is 0 Å². The van der Waals surface area contributed by atoms with E-state index in [2.05, 4.69) is 15.1 Å². The predicted octanol–water partition coefficient (Wildman–Crippen LogP) is 4.30. The van der Waals surface area contributed by atoms with Crippen LogP contribution in [0.1, 0.15) is 30.0 Å². The van der Waals surface area contributed by atoms with Gasteiger partial charge in [-0.05, 0) is 31.5 Å². The number of phenolic OH excluding ortho intramolecular Hbond substituents is 1. The van der Waals surface area contributed by atoms with Gasteiger partial charge in [0.05, 0.1) is 6.20 Å². The zero-order valence-electron chi connectivity index (χ0n) is 14.5. The molecule has 0 aliphatic carbocycles. The number of piperidine rings is 1. The molecule has 0 spiro atoms. The first-order valence-corrected chi connectivity index (χ1v) is 9.00. The number of phenols is 1. The van der Waals surface area contributed by atoms with Crippen LogP contribution in [0.5, 0.6) is 5.75 Å². The van der Waals surface area contributed by atoms with Gasteiger partial charge in [0, 0.05) is 41.4 Å². The largest absolute Gasteiger partial charge is 0.508 e. The zero-order chi connectivity index (χ0) is 17.9. The maximum Gasteiger partial charge on any atom is 0.131 e. The highest BCUT2D eigenvalue weighted by molar-refractivity contribution is 5.66. The van der Waals surface area contributed by atoms with Crippen LogP contribution in [-0.2, 0) is 6.54 Å². The van der Waals surface area contributed by atoms with Crippen molar-refractivity contribution in [1.82, 2.24) is 15.1 Å². The molecule has 3 aromatic rings. The number of H-pyrrole nitrogens is 1. The molecule has 4 nitrogen and oxygen atoms in total. The summed E-state index contributed by atoms with van der Waals surface area (Å²) < 4.78 is 14.2. The van der Waals surface area contributed by atoms with E-state index in [1.165, 1.54) is 6.07 Å². The van der Waals surface area contributed by atoms with Crippen molar-refractivity contribution in [2.75, 3.05) is 13.1 Å². The molecule has 2 heterocycles. The molecule has 0 unspecified atom stereocenters. The van der Waals surface area contributed by atoms with Crippen LogP contribution in [-0.4, -0.2) is 33.3 Å². The minimum Gasteiger partial charge on any atom is -0.508 e. The van der Waals surface area contributed by atoms with E-state index in [0.29, 0.717) is 17.9 Å². The molecule has 1 aliphatic rings. The average Bonchev–Trinajstić information content (AvgIpc) is 3.14. The molecule has 0 bridgehead atoms. The quantitative estimate of drug-likeness (QED) is 0.737. The average molecular weight is 351 g/mol. The Labute approximate surface area is 152 Å². The van der Waals surface area contributed by atoms with Crippen LogP contribution in [0.25, 0.3) is 11.1 Å². The van der Waals surface area contributed by atoms with E-state index < -0.39 is 0 Å². The molecule has 1 atom stereocenters. The Morgan fingerprint density at radius 1 is 1.12 bits per heavy atom. The Hall–Kier alpha value is -2.66. The van der Waals surface area contributed by atoms with Gasteiger partial charge in [0.25, 0.3) is 0 Å². The van der Waals surface area contributed by atoms with Gasteiger partial charge in [-0.15, -0.1) is 0 Å². The minimum absolute atomic E-state index is 0.225. The van der Waals surface area contributed by atoms with Gasteiger partial charge in [-0.2, -0.15) is 5.10 Å². The Bertz CT molecular complexity index is 892. The van der Waals surface area contributed by atoms with Gasteiger partial charge < -0.3 is 5.11 Å². The van der Waals surface area contributed by atoms with Gasteiger partial charge in [0.2, 0.25) is 0 Å². The van der Waals surface area contributed by atoms with E-state index >= 15 is 0 Å². The van der Waals surface area contributed by atoms with Crippen LogP contribution >= 0.6 is 0 Å². The predicted molar refractivity (Wildman–Crippen MR) is 99.3 cm³/mol. The van der Waals surface area contributed by atoms with E-state index in [4.69, 9.17) is 0 Å². The summed E-state index contributed by atoms with van der Waals surface area (Å²) in [7, 11) is 0. The fraction of sp³-hybridized carbons (Fsp3) is 0.286. The number of benzene rings is 2. The number of aromatic hydroxyl groups is 1. The van der Waals surface area contributed by atoms with Gasteiger partial charge in [-0.3, -0.25) is 10.00 Å². The lowest BCUT2D eigenvalue weighted by Crippen LogP contribution is -2.34. The molecular formula is C21H22FN3O. The number of hydrogen-bond acceptors (Lipinski definition) is 3. The molecule has 134 valence electrons. The molecule has 5 heteroatoms. The highest BCUT2D eigenvalue weighted by atomic mass is 19.1. The summed E-state index contributed by atoms with van der Waals surface area (Å²) in [4.78, 5) is 2.34. The SMILES string of the molecule is Oc1ccccc1CN1CCC[C@H](c2[nH]ncc2-c2ccccc2F)C1. The van der Waals surface area contributed by atoms with Crippen molar-refractivity contribution >= 4 is 0 Å². The zero-order valence-corrected chi connectivity index (χ0v) is 14.5. The molecule has 26 heavy (non-hydrogen) atoms. The van der Waals surface area contributed by atoms with Crippen LogP contribution in [0.4, 0.5) is 4.39 Å². The lowest BCUT2D eigenvalue weighted by molar-refractivity contribution is 0.197. The number of likely N-dealkylation sites (tertiary alicyclic amines) is 1. The first-order chi connectivity index (χ1) is 12.7. The molecule has 1 aromatic heterocycles. The van der Waals surface area contributed by atoms with Crippen LogP contribution in [0, 0.1) is 5.82 Å². The summed E-state index contributed by atoms with van der Waals surface area (Å²) >= 11 is 0. The van der Waals surface area contributed by atoms with Crippen molar-refractivity contribution in [3.8, 4) is 16.9 Å². The van der Waals surface area contributed by atoms with E-state index in [1.807, 2.05) is 24.3 Å². The second kappa shape index (κ2) is 7.30. The van der Waals surface area contributed by atoms with E-state index in [0.717, 1.165) is 42.8 Å². The van der Waals surface area contributed by atoms with Crippen LogP contribution in [0.2, 0.25) is 0 Å². The molecule has 1 aliphatic heterocycles. The first-order valence-electron chi connectivity index (χ1n) is 9.00. The van der Waals surface area contributed by atoms with Crippen molar-refractivity contribution in [3.63, 3.8) is 0 Å². The fourth-order valence-corrected chi connectivity index (χ4v) is 3.82. The molecular weight excluding hydrogens is 329 g/mol. The minimum atomic E-state index is -0.225. The Morgan fingerprint density at radius 2 is 1.92 bits per heavy atom. The molecule has 1 saturated heterocycles. The molecule has 0 radical (unpaired) electrons. The third kappa shape index (κ3) is 3.35. The summed E-state index contributed by atoms with van der Waals surface area (Å²) in [6, 6.07) is 14.3. The van der Waals surface area contributed by atoms with Crippen LogP contribution in [0.15, 0.2) is 54.7 Å². The monoisotopic (exact) mass is 351 g/mol. The number of para-hydroxylation sites is 1. The first kappa shape index (κ1) is 16.8. The van der Waals surface area contributed by atoms with Crippen molar-refractivity contribution < 1.29 is 9.50 Å². The summed E-state index contributed by atoms with van der Waals surface area (Å²) in [6.07, 6.45) is 3.82. The lowest BCUT2D eigenvalue weighted by Gasteiger charge is -2.32. The van der Waals surface area contributed by atoms with Crippen molar-refractivity contribution in [3.05, 3.63) is 71.8 Å². The third-order valence-corrected chi connectivity index (χ3v) is 5.13. The Kier molecular flexibility index (Phi) is 4.71. The van der Waals surface area contributed by atoms with Gasteiger partial charge in [0.15, 0.2) is 0 Å². The van der Waals surface area contributed by atoms with Gasteiger partial charge in [-0.25, -0.2) is 4.39 Å². The topological polar surface area (TPSA) is 52.1 Å². The standard InChI is InChI=1S/C21H22FN3O/c22-19-9-3-2-8-17(19)18-12-23-24-21(18)16-7-5-11-25(14-16)13-15-6-1-4-10-20(15)26/h1-4,6,8-10,12,16,26H,5,7,11,13-14H2,(H,23,24)/t16-/m0/s1. The summed E-state index contributed by atoms with van der Waals surface area (Å²) in [6.45, 7) is 2.57. The van der Waals surface area contributed by atoms with E-state index in [9.17, 15) is 9.50 Å². The van der Waals surface area contributed by atoms with Gasteiger partial charge >= 0.3 is 0 Å².